The number of aromatic nitrogens is 2. The number of imidazole rings is 1. The molecule has 1 aromatic carbocycles. The molecule has 0 fully saturated rings. The minimum atomic E-state index is -1.05. The van der Waals surface area contributed by atoms with Crippen LogP contribution in [0.25, 0.3) is 5.69 Å². The lowest BCUT2D eigenvalue weighted by Crippen LogP contribution is -2.05. The fourth-order valence-electron chi connectivity index (χ4n) is 1.29. The first-order valence-electron chi connectivity index (χ1n) is 4.30. The Labute approximate surface area is 101 Å². The lowest BCUT2D eigenvalue weighted by molar-refractivity contribution is 0.0688. The lowest BCUT2D eigenvalue weighted by Gasteiger charge is -2.06. The van der Waals surface area contributed by atoms with Crippen molar-refractivity contribution in [3.63, 3.8) is 0 Å². The molecular weight excluding hydrogens is 251 g/mol. The second kappa shape index (κ2) is 4.15. The molecule has 4 nitrogen and oxygen atoms in total. The maximum absolute atomic E-state index is 10.9. The van der Waals surface area contributed by atoms with Crippen LogP contribution in [0.15, 0.2) is 30.7 Å². The Balaban J connectivity index is 2.54. The van der Waals surface area contributed by atoms with Gasteiger partial charge < -0.3 is 5.11 Å². The molecule has 16 heavy (non-hydrogen) atoms. The van der Waals surface area contributed by atoms with E-state index in [4.69, 9.17) is 28.3 Å². The number of benzene rings is 1. The number of hydrogen-bond acceptors (Lipinski definition) is 2. The number of hydrogen-bond donors (Lipinski definition) is 1. The molecule has 1 N–H and O–H groups in total. The molecule has 0 aliphatic rings. The highest BCUT2D eigenvalue weighted by atomic mass is 35.5. The van der Waals surface area contributed by atoms with Gasteiger partial charge in [0, 0.05) is 5.69 Å². The van der Waals surface area contributed by atoms with Crippen LogP contribution in [0.5, 0.6) is 0 Å². The molecule has 0 saturated heterocycles. The minimum absolute atomic E-state index is 0.0680. The SMILES string of the molecule is O=C(O)c1cncn1-c1ccc(Cl)c(Cl)c1. The topological polar surface area (TPSA) is 55.1 Å². The van der Waals surface area contributed by atoms with Crippen molar-refractivity contribution in [2.45, 2.75) is 0 Å². The van der Waals surface area contributed by atoms with Gasteiger partial charge in [-0.1, -0.05) is 23.2 Å². The molecule has 0 atom stereocenters. The predicted molar refractivity (Wildman–Crippen MR) is 60.5 cm³/mol. The minimum Gasteiger partial charge on any atom is -0.477 e. The van der Waals surface area contributed by atoms with E-state index in [2.05, 4.69) is 4.98 Å². The number of halogens is 2. The van der Waals surface area contributed by atoms with E-state index in [1.807, 2.05) is 0 Å². The van der Waals surface area contributed by atoms with Crippen LogP contribution in [0.1, 0.15) is 10.5 Å². The lowest BCUT2D eigenvalue weighted by atomic mass is 10.3. The van der Waals surface area contributed by atoms with Crippen molar-refractivity contribution < 1.29 is 9.90 Å². The van der Waals surface area contributed by atoms with E-state index in [0.717, 1.165) is 0 Å². The third kappa shape index (κ3) is 1.89. The van der Waals surface area contributed by atoms with Crippen LogP contribution in [0.3, 0.4) is 0 Å². The molecule has 0 radical (unpaired) electrons. The number of carboxylic acids is 1. The zero-order valence-electron chi connectivity index (χ0n) is 7.89. The Morgan fingerprint density at radius 2 is 2.06 bits per heavy atom. The Hall–Kier alpha value is -1.52. The fourth-order valence-corrected chi connectivity index (χ4v) is 1.59. The van der Waals surface area contributed by atoms with Gasteiger partial charge in [0.15, 0.2) is 5.69 Å². The van der Waals surface area contributed by atoms with Gasteiger partial charge in [-0.2, -0.15) is 0 Å². The summed E-state index contributed by atoms with van der Waals surface area (Å²) in [5.74, 6) is -1.05. The van der Waals surface area contributed by atoms with Crippen molar-refractivity contribution in [3.8, 4) is 5.69 Å². The molecule has 0 bridgehead atoms. The summed E-state index contributed by atoms with van der Waals surface area (Å²) in [6, 6.07) is 4.85. The second-order valence-electron chi connectivity index (χ2n) is 3.05. The van der Waals surface area contributed by atoms with Crippen LogP contribution in [0.4, 0.5) is 0 Å². The maximum atomic E-state index is 10.9. The number of carboxylic acid groups (broad SMARTS) is 1. The number of nitrogens with zero attached hydrogens (tertiary/aromatic N) is 2. The number of carbonyl (C=O) groups is 1. The Morgan fingerprint density at radius 1 is 1.31 bits per heavy atom. The van der Waals surface area contributed by atoms with E-state index in [9.17, 15) is 4.79 Å². The normalized spacial score (nSPS) is 10.4. The summed E-state index contributed by atoms with van der Waals surface area (Å²) in [7, 11) is 0. The van der Waals surface area contributed by atoms with Gasteiger partial charge in [-0.05, 0) is 18.2 Å². The van der Waals surface area contributed by atoms with Gasteiger partial charge in [-0.3, -0.25) is 4.57 Å². The summed E-state index contributed by atoms with van der Waals surface area (Å²) in [6.07, 6.45) is 2.67. The van der Waals surface area contributed by atoms with Gasteiger partial charge in [-0.15, -0.1) is 0 Å². The number of rotatable bonds is 2. The average Bonchev–Trinajstić information content (AvgIpc) is 2.71. The summed E-state index contributed by atoms with van der Waals surface area (Å²) in [5.41, 5.74) is 0.669. The average molecular weight is 257 g/mol. The summed E-state index contributed by atoms with van der Waals surface area (Å²) in [5, 5.41) is 9.70. The van der Waals surface area contributed by atoms with Crippen LogP contribution < -0.4 is 0 Å². The standard InChI is InChI=1S/C10H6Cl2N2O2/c11-7-2-1-6(3-8(7)12)14-5-13-4-9(14)10(15)16/h1-5H,(H,15,16). The smallest absolute Gasteiger partial charge is 0.354 e. The van der Waals surface area contributed by atoms with Crippen molar-refractivity contribution >= 4 is 29.2 Å². The van der Waals surface area contributed by atoms with E-state index >= 15 is 0 Å². The van der Waals surface area contributed by atoms with Gasteiger partial charge in [-0.25, -0.2) is 9.78 Å². The van der Waals surface area contributed by atoms with Crippen molar-refractivity contribution in [3.05, 3.63) is 46.5 Å². The van der Waals surface area contributed by atoms with Crippen molar-refractivity contribution in [1.82, 2.24) is 9.55 Å². The molecule has 2 rings (SSSR count). The summed E-state index contributed by atoms with van der Waals surface area (Å²) >= 11 is 11.6. The van der Waals surface area contributed by atoms with Crippen LogP contribution in [0.2, 0.25) is 10.0 Å². The quantitative estimate of drug-likeness (QED) is 0.899. The van der Waals surface area contributed by atoms with E-state index in [1.54, 1.807) is 18.2 Å². The predicted octanol–water partition coefficient (Wildman–Crippen LogP) is 2.88. The largest absolute Gasteiger partial charge is 0.477 e. The third-order valence-electron chi connectivity index (χ3n) is 2.04. The molecule has 0 aliphatic heterocycles. The van der Waals surface area contributed by atoms with Crippen LogP contribution in [0, 0.1) is 0 Å². The second-order valence-corrected chi connectivity index (χ2v) is 3.87. The molecule has 0 unspecified atom stereocenters. The van der Waals surface area contributed by atoms with E-state index in [0.29, 0.717) is 15.7 Å². The Kier molecular flexibility index (Phi) is 2.85. The molecule has 0 aliphatic carbocycles. The fraction of sp³-hybridized carbons (Fsp3) is 0. The first-order valence-corrected chi connectivity index (χ1v) is 5.06. The van der Waals surface area contributed by atoms with Gasteiger partial charge in [0.2, 0.25) is 0 Å². The number of aromatic carboxylic acids is 1. The molecule has 0 spiro atoms. The van der Waals surface area contributed by atoms with E-state index in [-0.39, 0.29) is 5.69 Å². The van der Waals surface area contributed by atoms with Crippen molar-refractivity contribution in [1.29, 1.82) is 0 Å². The van der Waals surface area contributed by atoms with Crippen LogP contribution in [-0.2, 0) is 0 Å². The molecule has 0 saturated carbocycles. The highest BCUT2D eigenvalue weighted by molar-refractivity contribution is 6.42. The van der Waals surface area contributed by atoms with Crippen molar-refractivity contribution in [2.75, 3.05) is 0 Å². The third-order valence-corrected chi connectivity index (χ3v) is 2.78. The molecule has 0 amide bonds. The van der Waals surface area contributed by atoms with Gasteiger partial charge in [0.1, 0.15) is 0 Å². The Morgan fingerprint density at radius 3 is 2.69 bits per heavy atom. The summed E-state index contributed by atoms with van der Waals surface area (Å²) in [4.78, 5) is 14.7. The molecule has 2 aromatic rings. The monoisotopic (exact) mass is 256 g/mol. The van der Waals surface area contributed by atoms with Gasteiger partial charge in [0.05, 0.1) is 22.6 Å². The van der Waals surface area contributed by atoms with Crippen LogP contribution >= 0.6 is 23.2 Å². The summed E-state index contributed by atoms with van der Waals surface area (Å²) < 4.78 is 1.42. The summed E-state index contributed by atoms with van der Waals surface area (Å²) in [6.45, 7) is 0. The first kappa shape index (κ1) is 11.0. The van der Waals surface area contributed by atoms with E-state index in [1.165, 1.54) is 17.1 Å². The molecule has 1 heterocycles. The van der Waals surface area contributed by atoms with Crippen LogP contribution in [-0.4, -0.2) is 20.6 Å². The Bertz CT molecular complexity index is 552. The zero-order chi connectivity index (χ0) is 11.7. The van der Waals surface area contributed by atoms with Crippen molar-refractivity contribution in [2.24, 2.45) is 0 Å². The highest BCUT2D eigenvalue weighted by Crippen LogP contribution is 2.24. The zero-order valence-corrected chi connectivity index (χ0v) is 9.40. The highest BCUT2D eigenvalue weighted by Gasteiger charge is 2.11. The molecule has 82 valence electrons. The molecule has 1 aromatic heterocycles. The van der Waals surface area contributed by atoms with Gasteiger partial charge >= 0.3 is 5.97 Å². The first-order chi connectivity index (χ1) is 7.59. The van der Waals surface area contributed by atoms with E-state index < -0.39 is 5.97 Å². The molecule has 6 heteroatoms. The maximum Gasteiger partial charge on any atom is 0.354 e. The molecular formula is C10H6Cl2N2O2. The van der Waals surface area contributed by atoms with Gasteiger partial charge in [0.25, 0.3) is 0 Å².